The van der Waals surface area contributed by atoms with E-state index in [2.05, 4.69) is 31.2 Å². The number of aliphatic hydroxyl groups is 1. The Hall–Kier alpha value is -1.27. The summed E-state index contributed by atoms with van der Waals surface area (Å²) < 4.78 is 2.09. The molecule has 0 aliphatic carbocycles. The third-order valence-corrected chi connectivity index (χ3v) is 2.99. The maximum atomic E-state index is 10.3. The molecular weight excluding hydrogens is 272 g/mol. The predicted octanol–water partition coefficient (Wildman–Crippen LogP) is 1.36. The molecule has 1 unspecified atom stereocenters. The fourth-order valence-electron chi connectivity index (χ4n) is 1.56. The Bertz CT molecular complexity index is 492. The zero-order valence-electron chi connectivity index (χ0n) is 8.92. The summed E-state index contributed by atoms with van der Waals surface area (Å²) >= 11 is 3.26. The minimum absolute atomic E-state index is 0.547. The molecule has 2 aromatic heterocycles. The van der Waals surface area contributed by atoms with Gasteiger partial charge >= 0.3 is 0 Å². The standard InChI is InChI=1S/C10H11BrN4O/c1-6-7(4-3-5-12-6)9(16)8-10(11)13-14-15(8)2/h3-5,9,16H,1-2H3. The van der Waals surface area contributed by atoms with Gasteiger partial charge in [-0.1, -0.05) is 11.3 Å². The first kappa shape index (κ1) is 11.2. The minimum atomic E-state index is -0.775. The Morgan fingerprint density at radius 3 is 2.81 bits per heavy atom. The van der Waals surface area contributed by atoms with Gasteiger partial charge in [-0.2, -0.15) is 0 Å². The topological polar surface area (TPSA) is 63.8 Å². The molecule has 0 spiro atoms. The van der Waals surface area contributed by atoms with Crippen molar-refractivity contribution >= 4 is 15.9 Å². The van der Waals surface area contributed by atoms with Crippen LogP contribution in [0.3, 0.4) is 0 Å². The first-order chi connectivity index (χ1) is 7.61. The Balaban J connectivity index is 2.47. The molecule has 0 aliphatic heterocycles. The highest BCUT2D eigenvalue weighted by Crippen LogP contribution is 2.27. The number of rotatable bonds is 2. The maximum absolute atomic E-state index is 10.3. The lowest BCUT2D eigenvalue weighted by Gasteiger charge is -2.12. The van der Waals surface area contributed by atoms with Crippen LogP contribution in [0.5, 0.6) is 0 Å². The van der Waals surface area contributed by atoms with E-state index in [0.29, 0.717) is 10.3 Å². The first-order valence-corrected chi connectivity index (χ1v) is 5.55. The maximum Gasteiger partial charge on any atom is 0.154 e. The van der Waals surface area contributed by atoms with Gasteiger partial charge in [0.15, 0.2) is 4.60 Å². The highest BCUT2D eigenvalue weighted by Gasteiger charge is 2.20. The summed E-state index contributed by atoms with van der Waals surface area (Å²) in [5, 5.41) is 17.9. The summed E-state index contributed by atoms with van der Waals surface area (Å²) in [6.45, 7) is 1.86. The van der Waals surface area contributed by atoms with Crippen molar-refractivity contribution in [2.24, 2.45) is 7.05 Å². The molecule has 6 heteroatoms. The molecule has 2 rings (SSSR count). The van der Waals surface area contributed by atoms with Crippen LogP contribution in [0.2, 0.25) is 0 Å². The Labute approximate surface area is 101 Å². The van der Waals surface area contributed by atoms with Crippen LogP contribution in [-0.2, 0) is 7.05 Å². The van der Waals surface area contributed by atoms with Gasteiger partial charge in [0.2, 0.25) is 0 Å². The number of hydrogen-bond donors (Lipinski definition) is 1. The second kappa shape index (κ2) is 4.31. The van der Waals surface area contributed by atoms with Crippen molar-refractivity contribution in [2.45, 2.75) is 13.0 Å². The smallest absolute Gasteiger partial charge is 0.154 e. The number of nitrogens with zero attached hydrogens (tertiary/aromatic N) is 4. The normalized spacial score (nSPS) is 12.8. The Morgan fingerprint density at radius 2 is 2.25 bits per heavy atom. The fraction of sp³-hybridized carbons (Fsp3) is 0.300. The van der Waals surface area contributed by atoms with Gasteiger partial charge in [-0.15, -0.1) is 5.10 Å². The van der Waals surface area contributed by atoms with Crippen LogP contribution in [-0.4, -0.2) is 25.1 Å². The number of aliphatic hydroxyl groups excluding tert-OH is 1. The van der Waals surface area contributed by atoms with Crippen molar-refractivity contribution in [1.29, 1.82) is 0 Å². The monoisotopic (exact) mass is 282 g/mol. The SMILES string of the molecule is Cc1ncccc1C(O)c1c(Br)nnn1C. The van der Waals surface area contributed by atoms with E-state index >= 15 is 0 Å². The second-order valence-electron chi connectivity index (χ2n) is 3.47. The van der Waals surface area contributed by atoms with E-state index in [1.165, 1.54) is 0 Å². The molecule has 16 heavy (non-hydrogen) atoms. The number of pyridine rings is 1. The lowest BCUT2D eigenvalue weighted by Crippen LogP contribution is -2.09. The second-order valence-corrected chi connectivity index (χ2v) is 4.22. The molecule has 0 aromatic carbocycles. The molecular formula is C10H11BrN4O. The molecule has 0 bridgehead atoms. The van der Waals surface area contributed by atoms with Gasteiger partial charge in [-0.05, 0) is 28.9 Å². The minimum Gasteiger partial charge on any atom is -0.382 e. The number of aryl methyl sites for hydroxylation is 2. The highest BCUT2D eigenvalue weighted by molar-refractivity contribution is 9.10. The molecule has 2 heterocycles. The lowest BCUT2D eigenvalue weighted by atomic mass is 10.1. The summed E-state index contributed by atoms with van der Waals surface area (Å²) in [4.78, 5) is 4.14. The molecule has 5 nitrogen and oxygen atoms in total. The van der Waals surface area contributed by atoms with E-state index in [1.807, 2.05) is 13.0 Å². The molecule has 0 radical (unpaired) electrons. The molecule has 0 aliphatic rings. The van der Waals surface area contributed by atoms with Crippen molar-refractivity contribution in [3.63, 3.8) is 0 Å². The number of aromatic nitrogens is 4. The average Bonchev–Trinajstić information content (AvgIpc) is 2.58. The molecule has 0 saturated carbocycles. The molecule has 0 fully saturated rings. The van der Waals surface area contributed by atoms with Gasteiger partial charge < -0.3 is 5.11 Å². The number of halogens is 1. The van der Waals surface area contributed by atoms with Crippen LogP contribution in [0.4, 0.5) is 0 Å². The summed E-state index contributed by atoms with van der Waals surface area (Å²) in [7, 11) is 1.74. The molecule has 84 valence electrons. The summed E-state index contributed by atoms with van der Waals surface area (Å²) in [6.07, 6.45) is 0.922. The predicted molar refractivity (Wildman–Crippen MR) is 61.7 cm³/mol. The van der Waals surface area contributed by atoms with Crippen LogP contribution in [0.15, 0.2) is 22.9 Å². The largest absolute Gasteiger partial charge is 0.382 e. The zero-order chi connectivity index (χ0) is 11.7. The van der Waals surface area contributed by atoms with Gasteiger partial charge in [-0.25, -0.2) is 4.68 Å². The van der Waals surface area contributed by atoms with Crippen molar-refractivity contribution in [3.05, 3.63) is 39.9 Å². The average molecular weight is 283 g/mol. The van der Waals surface area contributed by atoms with Crippen molar-refractivity contribution in [2.75, 3.05) is 0 Å². The molecule has 0 amide bonds. The van der Waals surface area contributed by atoms with Crippen molar-refractivity contribution < 1.29 is 5.11 Å². The van der Waals surface area contributed by atoms with Crippen molar-refractivity contribution in [3.8, 4) is 0 Å². The van der Waals surface area contributed by atoms with Gasteiger partial charge in [0.25, 0.3) is 0 Å². The van der Waals surface area contributed by atoms with Gasteiger partial charge in [-0.3, -0.25) is 4.98 Å². The summed E-state index contributed by atoms with van der Waals surface area (Å²) in [5.74, 6) is 0. The van der Waals surface area contributed by atoms with Crippen LogP contribution in [0.1, 0.15) is 23.1 Å². The highest BCUT2D eigenvalue weighted by atomic mass is 79.9. The molecule has 1 atom stereocenters. The quantitative estimate of drug-likeness (QED) is 0.904. The first-order valence-electron chi connectivity index (χ1n) is 4.76. The Morgan fingerprint density at radius 1 is 1.50 bits per heavy atom. The third kappa shape index (κ3) is 1.85. The van der Waals surface area contributed by atoms with E-state index in [1.54, 1.807) is 24.0 Å². The van der Waals surface area contributed by atoms with E-state index in [4.69, 9.17) is 0 Å². The summed E-state index contributed by atoms with van der Waals surface area (Å²) in [6, 6.07) is 3.63. The molecule has 0 saturated heterocycles. The van der Waals surface area contributed by atoms with E-state index < -0.39 is 6.10 Å². The van der Waals surface area contributed by atoms with Crippen LogP contribution in [0.25, 0.3) is 0 Å². The van der Waals surface area contributed by atoms with E-state index in [0.717, 1.165) is 11.3 Å². The number of hydrogen-bond acceptors (Lipinski definition) is 4. The van der Waals surface area contributed by atoms with Gasteiger partial charge in [0.1, 0.15) is 11.8 Å². The van der Waals surface area contributed by atoms with Crippen LogP contribution < -0.4 is 0 Å². The lowest BCUT2D eigenvalue weighted by molar-refractivity contribution is 0.207. The molecule has 2 aromatic rings. The van der Waals surface area contributed by atoms with E-state index in [9.17, 15) is 5.11 Å². The zero-order valence-corrected chi connectivity index (χ0v) is 10.5. The van der Waals surface area contributed by atoms with Gasteiger partial charge in [0, 0.05) is 24.5 Å². The van der Waals surface area contributed by atoms with Gasteiger partial charge in [0.05, 0.1) is 0 Å². The third-order valence-electron chi connectivity index (χ3n) is 2.43. The molecule has 1 N–H and O–H groups in total. The van der Waals surface area contributed by atoms with Crippen LogP contribution >= 0.6 is 15.9 Å². The summed E-state index contributed by atoms with van der Waals surface area (Å²) in [5.41, 5.74) is 2.17. The van der Waals surface area contributed by atoms with E-state index in [-0.39, 0.29) is 0 Å². The van der Waals surface area contributed by atoms with Crippen LogP contribution in [0, 0.1) is 6.92 Å². The van der Waals surface area contributed by atoms with Crippen molar-refractivity contribution in [1.82, 2.24) is 20.0 Å². The Kier molecular flexibility index (Phi) is 3.02. The fourth-order valence-corrected chi connectivity index (χ4v) is 2.11.